The van der Waals surface area contributed by atoms with E-state index in [1.807, 2.05) is 10.6 Å². The number of likely N-dealkylation sites (tertiary alicyclic amines) is 1. The van der Waals surface area contributed by atoms with Gasteiger partial charge in [0.2, 0.25) is 5.65 Å². The minimum Gasteiger partial charge on any atom is -0.363 e. The predicted molar refractivity (Wildman–Crippen MR) is 76.6 cm³/mol. The van der Waals surface area contributed by atoms with E-state index in [9.17, 15) is 0 Å². The van der Waals surface area contributed by atoms with Crippen molar-refractivity contribution in [1.29, 1.82) is 0 Å². The largest absolute Gasteiger partial charge is 0.363 e. The van der Waals surface area contributed by atoms with Gasteiger partial charge < -0.3 is 5.32 Å². The molecule has 1 N–H and O–H groups in total. The van der Waals surface area contributed by atoms with E-state index in [2.05, 4.69) is 25.4 Å². The first kappa shape index (κ1) is 12.1. The van der Waals surface area contributed by atoms with E-state index in [-0.39, 0.29) is 0 Å². The predicted octanol–water partition coefficient (Wildman–Crippen LogP) is 1.55. The van der Waals surface area contributed by atoms with Crippen molar-refractivity contribution < 1.29 is 0 Å². The van der Waals surface area contributed by atoms with Gasteiger partial charge in [0.05, 0.1) is 0 Å². The molecule has 6 nitrogen and oxygen atoms in total. The Morgan fingerprint density at radius 2 is 2.10 bits per heavy atom. The second-order valence-electron chi connectivity index (χ2n) is 5.90. The number of nitrogens with one attached hydrogen (secondary N) is 1. The zero-order valence-electron chi connectivity index (χ0n) is 11.6. The van der Waals surface area contributed by atoms with Gasteiger partial charge in [-0.05, 0) is 19.3 Å². The quantitative estimate of drug-likeness (QED) is 0.918. The Morgan fingerprint density at radius 3 is 3.00 bits per heavy atom. The van der Waals surface area contributed by atoms with Gasteiger partial charge in [-0.2, -0.15) is 0 Å². The summed E-state index contributed by atoms with van der Waals surface area (Å²) in [5.41, 5.74) is 0.812. The van der Waals surface area contributed by atoms with Gasteiger partial charge in [0.15, 0.2) is 5.82 Å². The van der Waals surface area contributed by atoms with Gasteiger partial charge in [-0.15, -0.1) is 10.2 Å². The molecule has 2 aromatic rings. The monoisotopic (exact) mass is 272 g/mol. The summed E-state index contributed by atoms with van der Waals surface area (Å²) in [5.74, 6) is 0.850. The number of hydrogen-bond acceptors (Lipinski definition) is 5. The molecule has 2 aromatic heterocycles. The fourth-order valence-corrected chi connectivity index (χ4v) is 3.56. The number of anilines is 1. The first-order chi connectivity index (χ1) is 9.90. The molecule has 6 heteroatoms. The highest BCUT2D eigenvalue weighted by molar-refractivity contribution is 5.61. The lowest BCUT2D eigenvalue weighted by atomic mass is 10.2. The third-order valence-electron chi connectivity index (χ3n) is 4.62. The third-order valence-corrected chi connectivity index (χ3v) is 4.62. The summed E-state index contributed by atoms with van der Waals surface area (Å²) in [6.45, 7) is 2.33. The molecule has 1 atom stereocenters. The first-order valence-electron chi connectivity index (χ1n) is 7.55. The number of fused-ring (bicyclic) bond motifs is 1. The summed E-state index contributed by atoms with van der Waals surface area (Å²) in [7, 11) is 0. The molecule has 0 amide bonds. The zero-order chi connectivity index (χ0) is 13.4. The molecule has 106 valence electrons. The van der Waals surface area contributed by atoms with Crippen LogP contribution in [0.1, 0.15) is 32.1 Å². The normalized spacial score (nSPS) is 24.7. The minimum absolute atomic E-state index is 0.478. The number of hydrogen-bond donors (Lipinski definition) is 1. The Labute approximate surface area is 118 Å². The summed E-state index contributed by atoms with van der Waals surface area (Å²) >= 11 is 0. The Balaban J connectivity index is 1.46. The fourth-order valence-electron chi connectivity index (χ4n) is 3.56. The molecule has 4 rings (SSSR count). The van der Waals surface area contributed by atoms with Crippen LogP contribution in [0.25, 0.3) is 5.65 Å². The van der Waals surface area contributed by atoms with Crippen molar-refractivity contribution in [3.63, 3.8) is 0 Å². The van der Waals surface area contributed by atoms with Crippen molar-refractivity contribution in [2.75, 3.05) is 18.4 Å². The lowest BCUT2D eigenvalue weighted by Gasteiger charge is -2.23. The molecule has 1 aliphatic carbocycles. The summed E-state index contributed by atoms with van der Waals surface area (Å²) in [4.78, 5) is 7.06. The van der Waals surface area contributed by atoms with Gasteiger partial charge in [0, 0.05) is 37.6 Å². The van der Waals surface area contributed by atoms with Crippen molar-refractivity contribution in [2.24, 2.45) is 0 Å². The first-order valence-corrected chi connectivity index (χ1v) is 7.55. The van der Waals surface area contributed by atoms with E-state index in [0.29, 0.717) is 6.04 Å². The van der Waals surface area contributed by atoms with Gasteiger partial charge >= 0.3 is 0 Å². The molecular weight excluding hydrogens is 252 g/mol. The molecular formula is C14H20N6. The van der Waals surface area contributed by atoms with Crippen LogP contribution in [-0.2, 0) is 0 Å². The Hall–Kier alpha value is -1.69. The second-order valence-corrected chi connectivity index (χ2v) is 5.90. The highest BCUT2D eigenvalue weighted by Gasteiger charge is 2.30. The highest BCUT2D eigenvalue weighted by atomic mass is 15.3. The van der Waals surface area contributed by atoms with Crippen molar-refractivity contribution in [3.8, 4) is 0 Å². The number of nitrogens with zero attached hydrogens (tertiary/aromatic N) is 5. The molecule has 1 saturated heterocycles. The summed E-state index contributed by atoms with van der Waals surface area (Å²) in [6, 6.07) is 1.30. The lowest BCUT2D eigenvalue weighted by Crippen LogP contribution is -2.33. The van der Waals surface area contributed by atoms with Crippen molar-refractivity contribution in [1.82, 2.24) is 24.5 Å². The maximum absolute atomic E-state index is 4.41. The van der Waals surface area contributed by atoms with E-state index in [1.165, 1.54) is 38.6 Å². The molecule has 1 aliphatic heterocycles. The second kappa shape index (κ2) is 5.01. The molecule has 0 spiro atoms. The molecule has 2 fully saturated rings. The summed E-state index contributed by atoms with van der Waals surface area (Å²) in [5, 5.41) is 11.6. The van der Waals surface area contributed by atoms with Crippen molar-refractivity contribution >= 4 is 11.5 Å². The third kappa shape index (κ3) is 2.14. The Kier molecular flexibility index (Phi) is 3.03. The van der Waals surface area contributed by atoms with Gasteiger partial charge in [-0.1, -0.05) is 12.8 Å². The summed E-state index contributed by atoms with van der Waals surface area (Å²) < 4.78 is 1.90. The molecule has 2 aliphatic rings. The molecule has 0 aromatic carbocycles. The van der Waals surface area contributed by atoms with Crippen LogP contribution in [-0.4, -0.2) is 49.7 Å². The number of aromatic nitrogens is 4. The van der Waals surface area contributed by atoms with E-state index in [0.717, 1.165) is 24.1 Å². The molecule has 3 heterocycles. The molecule has 20 heavy (non-hydrogen) atoms. The van der Waals surface area contributed by atoms with Gasteiger partial charge in [-0.25, -0.2) is 4.98 Å². The van der Waals surface area contributed by atoms with Crippen LogP contribution in [0.5, 0.6) is 0 Å². The average molecular weight is 272 g/mol. The van der Waals surface area contributed by atoms with E-state index >= 15 is 0 Å². The van der Waals surface area contributed by atoms with Crippen LogP contribution >= 0.6 is 0 Å². The van der Waals surface area contributed by atoms with E-state index in [1.54, 1.807) is 12.5 Å². The van der Waals surface area contributed by atoms with Crippen molar-refractivity contribution in [3.05, 3.63) is 18.7 Å². The van der Waals surface area contributed by atoms with Gasteiger partial charge in [0.1, 0.15) is 6.33 Å². The maximum atomic E-state index is 4.41. The van der Waals surface area contributed by atoms with Crippen LogP contribution in [0.2, 0.25) is 0 Å². The van der Waals surface area contributed by atoms with Crippen molar-refractivity contribution in [2.45, 2.75) is 44.2 Å². The highest BCUT2D eigenvalue weighted by Crippen LogP contribution is 2.27. The topological polar surface area (TPSA) is 58.4 Å². The van der Waals surface area contributed by atoms with Crippen LogP contribution in [0.4, 0.5) is 5.82 Å². The van der Waals surface area contributed by atoms with Gasteiger partial charge in [-0.3, -0.25) is 9.30 Å². The van der Waals surface area contributed by atoms with Crippen LogP contribution in [0.3, 0.4) is 0 Å². The summed E-state index contributed by atoms with van der Waals surface area (Å²) in [6.07, 6.45) is 12.1. The molecule has 0 bridgehead atoms. The number of rotatable bonds is 3. The van der Waals surface area contributed by atoms with Crippen LogP contribution in [0.15, 0.2) is 18.7 Å². The minimum atomic E-state index is 0.478. The average Bonchev–Trinajstić information content (AvgIpc) is 3.20. The van der Waals surface area contributed by atoms with E-state index < -0.39 is 0 Å². The molecule has 0 unspecified atom stereocenters. The van der Waals surface area contributed by atoms with E-state index in [4.69, 9.17) is 0 Å². The fraction of sp³-hybridized carbons (Fsp3) is 0.643. The standard InChI is InChI=1S/C14H20N6/c1-2-4-12(3-1)19-7-5-11(9-19)17-13-14-18-16-10-20(14)8-6-15-13/h6,8,10-12H,1-5,7,9H2,(H,15,17)/t11-/m0/s1. The van der Waals surface area contributed by atoms with Gasteiger partial charge in [0.25, 0.3) is 0 Å². The lowest BCUT2D eigenvalue weighted by molar-refractivity contribution is 0.245. The SMILES string of the molecule is c1cn2cnnc2c(N[C@H]2CCN(C3CCCC3)C2)n1. The Morgan fingerprint density at radius 1 is 1.20 bits per heavy atom. The zero-order valence-corrected chi connectivity index (χ0v) is 11.6. The molecule has 1 saturated carbocycles. The van der Waals surface area contributed by atoms with Crippen LogP contribution < -0.4 is 5.32 Å². The smallest absolute Gasteiger partial charge is 0.203 e. The van der Waals surface area contributed by atoms with Crippen LogP contribution in [0, 0.1) is 0 Å². The molecule has 0 radical (unpaired) electrons. The Bertz CT molecular complexity index is 588. The maximum Gasteiger partial charge on any atom is 0.203 e.